The molecule has 1 aromatic rings. The summed E-state index contributed by atoms with van der Waals surface area (Å²) in [6.45, 7) is 5.69. The molecular formula is C11H17N3OS. The van der Waals surface area contributed by atoms with Crippen LogP contribution in [0.4, 0.5) is 0 Å². The van der Waals surface area contributed by atoms with E-state index < -0.39 is 0 Å². The molecule has 2 rings (SSSR count). The fourth-order valence-electron chi connectivity index (χ4n) is 1.96. The molecule has 0 aromatic carbocycles. The number of carbonyl (C=O) groups excluding carboxylic acids is 1. The summed E-state index contributed by atoms with van der Waals surface area (Å²) in [5.74, 6) is 0.224. The van der Waals surface area contributed by atoms with Gasteiger partial charge in [0, 0.05) is 23.7 Å². The van der Waals surface area contributed by atoms with E-state index in [0.29, 0.717) is 12.6 Å². The van der Waals surface area contributed by atoms with Crippen LogP contribution in [-0.4, -0.2) is 34.4 Å². The highest BCUT2D eigenvalue weighted by molar-refractivity contribution is 7.09. The van der Waals surface area contributed by atoms with Crippen LogP contribution in [0.5, 0.6) is 0 Å². The minimum Gasteiger partial charge on any atom is -0.336 e. The van der Waals surface area contributed by atoms with E-state index in [2.05, 4.69) is 24.1 Å². The largest absolute Gasteiger partial charge is 0.336 e. The van der Waals surface area contributed by atoms with Crippen molar-refractivity contribution in [3.63, 3.8) is 0 Å². The first kappa shape index (κ1) is 11.5. The summed E-state index contributed by atoms with van der Waals surface area (Å²) < 4.78 is 0. The van der Waals surface area contributed by atoms with E-state index in [1.807, 2.05) is 11.1 Å². The Labute approximate surface area is 99.7 Å². The zero-order valence-corrected chi connectivity index (χ0v) is 10.5. The molecule has 1 amide bonds. The molecule has 1 unspecified atom stereocenters. The van der Waals surface area contributed by atoms with Crippen molar-refractivity contribution in [2.75, 3.05) is 6.54 Å². The highest BCUT2D eigenvalue weighted by Crippen LogP contribution is 2.17. The molecule has 1 fully saturated rings. The Hall–Kier alpha value is -0.940. The number of likely N-dealkylation sites (tertiary alicyclic amines) is 1. The molecule has 1 N–H and O–H groups in total. The van der Waals surface area contributed by atoms with Crippen molar-refractivity contribution >= 4 is 17.2 Å². The Morgan fingerprint density at radius 2 is 2.50 bits per heavy atom. The Balaban J connectivity index is 1.92. The Bertz CT molecular complexity index is 350. The SMILES string of the molecule is CC(C)NC1CCN(Cc2cncs2)C1=O. The van der Waals surface area contributed by atoms with E-state index >= 15 is 0 Å². The second-order valence-corrected chi connectivity index (χ2v) is 5.36. The van der Waals surface area contributed by atoms with Crippen LogP contribution in [0.15, 0.2) is 11.7 Å². The van der Waals surface area contributed by atoms with Crippen molar-refractivity contribution in [2.24, 2.45) is 0 Å². The van der Waals surface area contributed by atoms with Gasteiger partial charge < -0.3 is 10.2 Å². The van der Waals surface area contributed by atoms with Crippen LogP contribution in [0.3, 0.4) is 0 Å². The van der Waals surface area contributed by atoms with Gasteiger partial charge in [-0.2, -0.15) is 0 Å². The summed E-state index contributed by atoms with van der Waals surface area (Å²) in [7, 11) is 0. The minimum atomic E-state index is 0.00733. The van der Waals surface area contributed by atoms with Crippen LogP contribution in [0.25, 0.3) is 0 Å². The summed E-state index contributed by atoms with van der Waals surface area (Å²) in [4.78, 5) is 19.1. The average Bonchev–Trinajstić information content (AvgIpc) is 2.82. The van der Waals surface area contributed by atoms with Crippen molar-refractivity contribution in [1.29, 1.82) is 0 Å². The number of amides is 1. The third kappa shape index (κ3) is 2.59. The molecule has 16 heavy (non-hydrogen) atoms. The summed E-state index contributed by atoms with van der Waals surface area (Å²) in [5.41, 5.74) is 1.81. The lowest BCUT2D eigenvalue weighted by Gasteiger charge is -2.17. The number of thiazole rings is 1. The molecule has 5 heteroatoms. The quantitative estimate of drug-likeness (QED) is 0.860. The van der Waals surface area contributed by atoms with Crippen LogP contribution in [0, 0.1) is 0 Å². The van der Waals surface area contributed by atoms with Gasteiger partial charge in [-0.25, -0.2) is 0 Å². The van der Waals surface area contributed by atoms with Gasteiger partial charge >= 0.3 is 0 Å². The molecule has 2 heterocycles. The van der Waals surface area contributed by atoms with Gasteiger partial charge in [0.15, 0.2) is 0 Å². The van der Waals surface area contributed by atoms with Crippen molar-refractivity contribution in [3.8, 4) is 0 Å². The van der Waals surface area contributed by atoms with Crippen molar-refractivity contribution in [3.05, 3.63) is 16.6 Å². The van der Waals surface area contributed by atoms with Crippen LogP contribution in [0.1, 0.15) is 25.1 Å². The van der Waals surface area contributed by atoms with Crippen molar-refractivity contribution in [1.82, 2.24) is 15.2 Å². The van der Waals surface area contributed by atoms with Gasteiger partial charge in [-0.15, -0.1) is 11.3 Å². The number of aromatic nitrogens is 1. The highest BCUT2D eigenvalue weighted by atomic mass is 32.1. The van der Waals surface area contributed by atoms with Gasteiger partial charge in [-0.05, 0) is 6.42 Å². The molecule has 0 spiro atoms. The van der Waals surface area contributed by atoms with E-state index in [4.69, 9.17) is 0 Å². The van der Waals surface area contributed by atoms with E-state index in [9.17, 15) is 4.79 Å². The van der Waals surface area contributed by atoms with Gasteiger partial charge in [0.1, 0.15) is 0 Å². The van der Waals surface area contributed by atoms with Crippen molar-refractivity contribution < 1.29 is 4.79 Å². The standard InChI is InChI=1S/C11H17N3OS/c1-8(2)13-10-3-4-14(11(10)15)6-9-5-12-7-16-9/h5,7-8,10,13H,3-4,6H2,1-2H3. The summed E-state index contributed by atoms with van der Waals surface area (Å²) in [6, 6.07) is 0.366. The summed E-state index contributed by atoms with van der Waals surface area (Å²) in [5, 5.41) is 3.30. The average molecular weight is 239 g/mol. The topological polar surface area (TPSA) is 45.2 Å². The first-order valence-electron chi connectivity index (χ1n) is 5.59. The number of nitrogens with zero attached hydrogens (tertiary/aromatic N) is 2. The molecule has 1 atom stereocenters. The maximum absolute atomic E-state index is 12.0. The summed E-state index contributed by atoms with van der Waals surface area (Å²) >= 11 is 1.60. The highest BCUT2D eigenvalue weighted by Gasteiger charge is 2.31. The van der Waals surface area contributed by atoms with Gasteiger partial charge in [0.25, 0.3) is 0 Å². The molecule has 0 radical (unpaired) electrons. The van der Waals surface area contributed by atoms with E-state index in [-0.39, 0.29) is 11.9 Å². The molecule has 0 aliphatic carbocycles. The van der Waals surface area contributed by atoms with Crippen molar-refractivity contribution in [2.45, 2.75) is 38.9 Å². The van der Waals surface area contributed by atoms with Crippen LogP contribution in [-0.2, 0) is 11.3 Å². The first-order valence-corrected chi connectivity index (χ1v) is 6.47. The van der Waals surface area contributed by atoms with Crippen LogP contribution < -0.4 is 5.32 Å². The van der Waals surface area contributed by atoms with Gasteiger partial charge in [-0.1, -0.05) is 13.8 Å². The van der Waals surface area contributed by atoms with Gasteiger partial charge in [-0.3, -0.25) is 9.78 Å². The maximum atomic E-state index is 12.0. The lowest BCUT2D eigenvalue weighted by Crippen LogP contribution is -2.41. The zero-order chi connectivity index (χ0) is 11.5. The second-order valence-electron chi connectivity index (χ2n) is 4.39. The zero-order valence-electron chi connectivity index (χ0n) is 9.64. The number of hydrogen-bond donors (Lipinski definition) is 1. The molecule has 1 aromatic heterocycles. The van der Waals surface area contributed by atoms with Crippen LogP contribution >= 0.6 is 11.3 Å². The Kier molecular flexibility index (Phi) is 3.56. The second kappa shape index (κ2) is 4.93. The lowest BCUT2D eigenvalue weighted by atomic mass is 10.2. The molecule has 4 nitrogen and oxygen atoms in total. The fourth-order valence-corrected chi connectivity index (χ4v) is 2.57. The first-order chi connectivity index (χ1) is 7.66. The number of nitrogens with one attached hydrogen (secondary N) is 1. The Morgan fingerprint density at radius 3 is 3.12 bits per heavy atom. The normalized spacial score (nSPS) is 21.1. The number of hydrogen-bond acceptors (Lipinski definition) is 4. The molecule has 1 aliphatic rings. The third-order valence-electron chi connectivity index (χ3n) is 2.66. The summed E-state index contributed by atoms with van der Waals surface area (Å²) in [6.07, 6.45) is 2.75. The van der Waals surface area contributed by atoms with Crippen LogP contribution in [0.2, 0.25) is 0 Å². The maximum Gasteiger partial charge on any atom is 0.240 e. The third-order valence-corrected chi connectivity index (χ3v) is 3.43. The molecule has 0 saturated carbocycles. The molecule has 1 aliphatic heterocycles. The number of rotatable bonds is 4. The van der Waals surface area contributed by atoms with Gasteiger partial charge in [0.05, 0.1) is 18.1 Å². The fraction of sp³-hybridized carbons (Fsp3) is 0.636. The predicted octanol–water partition coefficient (Wildman–Crippen LogP) is 1.24. The molecule has 1 saturated heterocycles. The number of carbonyl (C=O) groups is 1. The Morgan fingerprint density at radius 1 is 1.69 bits per heavy atom. The predicted molar refractivity (Wildman–Crippen MR) is 64.2 cm³/mol. The van der Waals surface area contributed by atoms with E-state index in [1.54, 1.807) is 16.8 Å². The molecule has 0 bridgehead atoms. The monoisotopic (exact) mass is 239 g/mol. The van der Waals surface area contributed by atoms with E-state index in [0.717, 1.165) is 17.8 Å². The molecule has 88 valence electrons. The van der Waals surface area contributed by atoms with E-state index in [1.165, 1.54) is 0 Å². The van der Waals surface area contributed by atoms with Gasteiger partial charge in [0.2, 0.25) is 5.91 Å². The minimum absolute atomic E-state index is 0.00733. The smallest absolute Gasteiger partial charge is 0.240 e. The molecular weight excluding hydrogens is 222 g/mol. The lowest BCUT2D eigenvalue weighted by molar-refractivity contribution is -0.130.